The van der Waals surface area contributed by atoms with Gasteiger partial charge < -0.3 is 20.9 Å². The third-order valence-electron chi connectivity index (χ3n) is 5.73. The second-order valence-electron chi connectivity index (χ2n) is 8.31. The molecule has 0 aliphatic rings. The minimum Gasteiger partial charge on any atom is -0.368 e. The van der Waals surface area contributed by atoms with Crippen LogP contribution < -0.4 is 16.6 Å². The van der Waals surface area contributed by atoms with E-state index in [2.05, 4.69) is 15.3 Å². The van der Waals surface area contributed by atoms with Gasteiger partial charge in [0.1, 0.15) is 17.9 Å². The van der Waals surface area contributed by atoms with Crippen molar-refractivity contribution in [2.75, 3.05) is 12.4 Å². The Morgan fingerprint density at radius 2 is 1.95 bits per heavy atom. The zero-order chi connectivity index (χ0) is 26.5. The number of anilines is 1. The molecular weight excluding hydrogens is 481 g/mol. The summed E-state index contributed by atoms with van der Waals surface area (Å²) in [5.41, 5.74) is 6.83. The first-order chi connectivity index (χ1) is 17.8. The summed E-state index contributed by atoms with van der Waals surface area (Å²) < 4.78 is 19.4. The van der Waals surface area contributed by atoms with Crippen LogP contribution in [0, 0.1) is 5.82 Å². The molecule has 2 amide bonds. The van der Waals surface area contributed by atoms with Gasteiger partial charge in [0.2, 0.25) is 5.91 Å². The summed E-state index contributed by atoms with van der Waals surface area (Å²) in [5.74, 6) is -1.93. The van der Waals surface area contributed by atoms with Gasteiger partial charge in [0.05, 0.1) is 22.9 Å². The van der Waals surface area contributed by atoms with E-state index in [1.165, 1.54) is 25.4 Å². The predicted octanol–water partition coefficient (Wildman–Crippen LogP) is 1.77. The van der Waals surface area contributed by atoms with Gasteiger partial charge in [0.15, 0.2) is 6.29 Å². The molecule has 3 heterocycles. The van der Waals surface area contributed by atoms with Crippen LogP contribution in [0.15, 0.2) is 65.8 Å². The molecule has 37 heavy (non-hydrogen) atoms. The molecule has 3 aromatic heterocycles. The maximum Gasteiger partial charge on any atom is 0.264 e. The van der Waals surface area contributed by atoms with E-state index >= 15 is 0 Å². The number of halogens is 1. The van der Waals surface area contributed by atoms with Crippen LogP contribution in [0.2, 0.25) is 0 Å². The number of aliphatic hydroxyl groups is 1. The number of hydrogen-bond acceptors (Lipinski definition) is 7. The molecule has 4 aromatic rings. The van der Waals surface area contributed by atoms with E-state index in [9.17, 15) is 23.9 Å². The van der Waals surface area contributed by atoms with Crippen molar-refractivity contribution in [2.45, 2.75) is 25.7 Å². The van der Waals surface area contributed by atoms with Crippen LogP contribution in [0.1, 0.15) is 27.0 Å². The number of ether oxygens (including phenoxy) is 1. The second-order valence-corrected chi connectivity index (χ2v) is 8.31. The van der Waals surface area contributed by atoms with Crippen LogP contribution >= 0.6 is 0 Å². The van der Waals surface area contributed by atoms with Crippen molar-refractivity contribution in [2.24, 2.45) is 5.73 Å². The van der Waals surface area contributed by atoms with Gasteiger partial charge in [0.25, 0.3) is 11.5 Å². The number of methoxy groups -OCH3 is 1. The number of aromatic nitrogens is 3. The normalized spacial score (nSPS) is 11.9. The lowest BCUT2D eigenvalue weighted by molar-refractivity contribution is -0.116. The van der Waals surface area contributed by atoms with Crippen LogP contribution in [-0.2, 0) is 28.9 Å². The van der Waals surface area contributed by atoms with Crippen LogP contribution in [0.3, 0.4) is 0 Å². The van der Waals surface area contributed by atoms with Gasteiger partial charge in [-0.3, -0.25) is 28.9 Å². The number of benzene rings is 1. The average molecular weight is 506 g/mol. The molecule has 0 radical (unpaired) electrons. The number of hydrogen-bond donors (Lipinski definition) is 3. The fourth-order valence-corrected chi connectivity index (χ4v) is 4.01. The molecule has 0 fully saturated rings. The van der Waals surface area contributed by atoms with Crippen molar-refractivity contribution in [1.82, 2.24) is 14.5 Å². The van der Waals surface area contributed by atoms with Crippen LogP contribution in [0.25, 0.3) is 11.0 Å². The van der Waals surface area contributed by atoms with Crippen molar-refractivity contribution in [3.8, 4) is 0 Å². The van der Waals surface area contributed by atoms with Gasteiger partial charge in [-0.25, -0.2) is 4.39 Å². The first-order valence-electron chi connectivity index (χ1n) is 11.3. The van der Waals surface area contributed by atoms with Gasteiger partial charge in [-0.15, -0.1) is 0 Å². The first kappa shape index (κ1) is 25.6. The highest BCUT2D eigenvalue weighted by atomic mass is 19.1. The summed E-state index contributed by atoms with van der Waals surface area (Å²) in [6.45, 7) is -0.445. The predicted molar refractivity (Wildman–Crippen MR) is 133 cm³/mol. The van der Waals surface area contributed by atoms with Crippen LogP contribution in [0.4, 0.5) is 10.1 Å². The molecule has 0 aliphatic heterocycles. The van der Waals surface area contributed by atoms with Crippen LogP contribution in [0.5, 0.6) is 0 Å². The highest BCUT2D eigenvalue weighted by Gasteiger charge is 2.24. The molecule has 0 saturated carbocycles. The molecule has 4 N–H and O–H groups in total. The van der Waals surface area contributed by atoms with E-state index in [4.69, 9.17) is 10.5 Å². The molecule has 11 heteroatoms. The van der Waals surface area contributed by atoms with Crippen LogP contribution in [-0.4, -0.2) is 44.9 Å². The molecule has 0 spiro atoms. The van der Waals surface area contributed by atoms with E-state index < -0.39 is 35.8 Å². The van der Waals surface area contributed by atoms with E-state index in [0.29, 0.717) is 17.7 Å². The average Bonchev–Trinajstić information content (AvgIpc) is 2.88. The standard InChI is InChI=1S/C26H24FN5O5/c1-37-22(34)11-19-23(25(28)35)26(36)32(14-21(33)31-18-3-2-8-29-13-18)20-10-16(12-30-24(19)20)9-15-4-6-17(27)7-5-15/h2-8,10,12-13,22,34H,9,11,14H2,1H3,(H2,28,35)(H,31,33). The number of fused-ring (bicyclic) bond motifs is 1. The monoisotopic (exact) mass is 505 g/mol. The SMILES string of the molecule is COC(O)Cc1c(C(N)=O)c(=O)n(CC(=O)Nc2cccnc2)c2cc(Cc3ccc(F)cc3)cnc12. The van der Waals surface area contributed by atoms with E-state index in [1.54, 1.807) is 42.7 Å². The number of carbonyl (C=O) groups is 2. The van der Waals surface area contributed by atoms with Crippen molar-refractivity contribution >= 4 is 28.5 Å². The minimum absolute atomic E-state index is 0.110. The molecule has 1 atom stereocenters. The summed E-state index contributed by atoms with van der Waals surface area (Å²) in [6, 6.07) is 10.9. The summed E-state index contributed by atoms with van der Waals surface area (Å²) in [4.78, 5) is 47.1. The van der Waals surface area contributed by atoms with E-state index in [0.717, 1.165) is 10.1 Å². The Hall–Kier alpha value is -4.48. The Kier molecular flexibility index (Phi) is 7.66. The number of nitrogens with two attached hydrogens (primary N) is 1. The lowest BCUT2D eigenvalue weighted by Gasteiger charge is -2.18. The smallest absolute Gasteiger partial charge is 0.264 e. The molecular formula is C26H24FN5O5. The fourth-order valence-electron chi connectivity index (χ4n) is 4.01. The number of primary amides is 1. The zero-order valence-electron chi connectivity index (χ0n) is 19.8. The van der Waals surface area contributed by atoms with Crippen molar-refractivity contribution in [3.05, 3.63) is 99.5 Å². The molecule has 0 saturated heterocycles. The Balaban J connectivity index is 1.85. The van der Waals surface area contributed by atoms with Crippen molar-refractivity contribution < 1.29 is 23.8 Å². The maximum absolute atomic E-state index is 13.5. The Morgan fingerprint density at radius 3 is 2.59 bits per heavy atom. The molecule has 0 aliphatic carbocycles. The molecule has 0 bridgehead atoms. The Bertz CT molecular complexity index is 1510. The van der Waals surface area contributed by atoms with E-state index in [-0.39, 0.29) is 28.8 Å². The largest absolute Gasteiger partial charge is 0.368 e. The number of amides is 2. The number of nitrogens with zero attached hydrogens (tertiary/aromatic N) is 3. The topological polar surface area (TPSA) is 149 Å². The zero-order valence-corrected chi connectivity index (χ0v) is 19.8. The summed E-state index contributed by atoms with van der Waals surface area (Å²) in [7, 11) is 1.27. The van der Waals surface area contributed by atoms with Crippen molar-refractivity contribution in [1.29, 1.82) is 0 Å². The molecule has 190 valence electrons. The maximum atomic E-state index is 13.5. The third-order valence-corrected chi connectivity index (χ3v) is 5.73. The third kappa shape index (κ3) is 5.85. The van der Waals surface area contributed by atoms with Crippen molar-refractivity contribution in [3.63, 3.8) is 0 Å². The van der Waals surface area contributed by atoms with Gasteiger partial charge in [-0.05, 0) is 47.9 Å². The number of carbonyl (C=O) groups excluding carboxylic acids is 2. The summed E-state index contributed by atoms with van der Waals surface area (Å²) >= 11 is 0. The first-order valence-corrected chi connectivity index (χ1v) is 11.3. The Morgan fingerprint density at radius 1 is 1.19 bits per heavy atom. The second kappa shape index (κ2) is 11.1. The Labute approximate surface area is 210 Å². The lowest BCUT2D eigenvalue weighted by atomic mass is 10.0. The lowest BCUT2D eigenvalue weighted by Crippen LogP contribution is -2.36. The minimum atomic E-state index is -1.33. The molecule has 1 aromatic carbocycles. The van der Waals surface area contributed by atoms with Gasteiger partial charge in [-0.1, -0.05) is 12.1 Å². The number of pyridine rings is 3. The molecule has 1 unspecified atom stereocenters. The van der Waals surface area contributed by atoms with Gasteiger partial charge in [0, 0.05) is 31.5 Å². The van der Waals surface area contributed by atoms with Gasteiger partial charge >= 0.3 is 0 Å². The number of rotatable bonds is 9. The van der Waals surface area contributed by atoms with E-state index in [1.807, 2.05) is 0 Å². The quantitative estimate of drug-likeness (QED) is 0.294. The molecule has 10 nitrogen and oxygen atoms in total. The summed E-state index contributed by atoms with van der Waals surface area (Å²) in [5, 5.41) is 12.8. The number of nitrogens with one attached hydrogen (secondary N) is 1. The van der Waals surface area contributed by atoms with Gasteiger partial charge in [-0.2, -0.15) is 0 Å². The highest BCUT2D eigenvalue weighted by Crippen LogP contribution is 2.23. The molecule has 4 rings (SSSR count). The fraction of sp³-hybridized carbons (Fsp3) is 0.192. The number of aliphatic hydroxyl groups excluding tert-OH is 1. The highest BCUT2D eigenvalue weighted by molar-refractivity contribution is 5.99. The summed E-state index contributed by atoms with van der Waals surface area (Å²) in [6.07, 6.45) is 3.36.